The van der Waals surface area contributed by atoms with Gasteiger partial charge in [-0.1, -0.05) is 0 Å². The van der Waals surface area contributed by atoms with Crippen molar-refractivity contribution in [3.8, 4) is 0 Å². The van der Waals surface area contributed by atoms with Gasteiger partial charge in [-0.2, -0.15) is 0 Å². The minimum atomic E-state index is -0.436. The summed E-state index contributed by atoms with van der Waals surface area (Å²) in [4.78, 5) is 33.4. The number of fused-ring (bicyclic) bond motifs is 1. The van der Waals surface area contributed by atoms with Crippen LogP contribution >= 0.6 is 22.7 Å². The average Bonchev–Trinajstić information content (AvgIpc) is 3.21. The number of nitrogens with one attached hydrogen (secondary N) is 1. The highest BCUT2D eigenvalue weighted by Crippen LogP contribution is 2.33. The normalized spacial score (nSPS) is 10.6. The third kappa shape index (κ3) is 2.95. The summed E-state index contributed by atoms with van der Waals surface area (Å²) < 4.78 is 9.84. The fraction of sp³-hybridized carbons (Fsp3) is 0.200. The first-order chi connectivity index (χ1) is 11.7. The molecular weight excluding hydrogens is 350 g/mol. The van der Waals surface area contributed by atoms with Gasteiger partial charge >= 0.3 is 11.9 Å². The second-order valence-electron chi connectivity index (χ2n) is 4.55. The van der Waals surface area contributed by atoms with Gasteiger partial charge in [0.25, 0.3) is 0 Å². The molecule has 0 radical (unpaired) electrons. The van der Waals surface area contributed by atoms with Gasteiger partial charge in [0.15, 0.2) is 0 Å². The molecule has 0 fully saturated rings. The summed E-state index contributed by atoms with van der Waals surface area (Å²) in [6, 6.07) is 1.75. The van der Waals surface area contributed by atoms with Crippen LogP contribution in [0.15, 0.2) is 23.2 Å². The number of anilines is 2. The molecule has 0 atom stereocenters. The predicted octanol–water partition coefficient (Wildman–Crippen LogP) is 3.46. The van der Waals surface area contributed by atoms with Crippen LogP contribution in [0.5, 0.6) is 0 Å². The molecule has 0 saturated carbocycles. The lowest BCUT2D eigenvalue weighted by Crippen LogP contribution is -2.06. The molecule has 0 bridgehead atoms. The van der Waals surface area contributed by atoms with Gasteiger partial charge in [-0.15, -0.1) is 22.7 Å². The summed E-state index contributed by atoms with van der Waals surface area (Å²) in [5, 5.41) is 7.13. The van der Waals surface area contributed by atoms with Gasteiger partial charge in [-0.05, 0) is 18.4 Å². The van der Waals surface area contributed by atoms with E-state index in [-0.39, 0.29) is 6.61 Å². The van der Waals surface area contributed by atoms with E-state index in [9.17, 15) is 9.59 Å². The molecule has 0 aliphatic heterocycles. The van der Waals surface area contributed by atoms with Crippen molar-refractivity contribution < 1.29 is 19.1 Å². The van der Waals surface area contributed by atoms with Crippen LogP contribution in [0.1, 0.15) is 27.0 Å². The SMILES string of the molecule is CCOC(=O)c1csc2ncnc(Nc3ccsc3C(=O)OC)c12. The molecule has 0 amide bonds. The van der Waals surface area contributed by atoms with Gasteiger partial charge in [-0.25, -0.2) is 19.6 Å². The summed E-state index contributed by atoms with van der Waals surface area (Å²) in [6.45, 7) is 2.03. The summed E-state index contributed by atoms with van der Waals surface area (Å²) in [5.74, 6) is -0.429. The van der Waals surface area contributed by atoms with E-state index in [0.29, 0.717) is 32.2 Å². The summed E-state index contributed by atoms with van der Waals surface area (Å²) in [7, 11) is 1.33. The van der Waals surface area contributed by atoms with Crippen LogP contribution in [0.2, 0.25) is 0 Å². The van der Waals surface area contributed by atoms with Crippen molar-refractivity contribution in [2.75, 3.05) is 19.0 Å². The first kappa shape index (κ1) is 16.3. The van der Waals surface area contributed by atoms with E-state index in [1.807, 2.05) is 0 Å². The highest BCUT2D eigenvalue weighted by atomic mass is 32.1. The monoisotopic (exact) mass is 363 g/mol. The molecule has 0 aliphatic carbocycles. The van der Waals surface area contributed by atoms with Gasteiger partial charge in [-0.3, -0.25) is 0 Å². The molecule has 7 nitrogen and oxygen atoms in total. The molecule has 3 rings (SSSR count). The molecule has 3 heterocycles. The molecule has 124 valence electrons. The first-order valence-corrected chi connectivity index (χ1v) is 8.73. The van der Waals surface area contributed by atoms with Crippen LogP contribution in [0.4, 0.5) is 11.5 Å². The van der Waals surface area contributed by atoms with Crippen molar-refractivity contribution in [2.24, 2.45) is 0 Å². The minimum Gasteiger partial charge on any atom is -0.465 e. The van der Waals surface area contributed by atoms with E-state index < -0.39 is 11.9 Å². The predicted molar refractivity (Wildman–Crippen MR) is 92.3 cm³/mol. The Kier molecular flexibility index (Phi) is 4.72. The number of carbonyl (C=O) groups excluding carboxylic acids is 2. The maximum absolute atomic E-state index is 12.1. The Hall–Kier alpha value is -2.52. The minimum absolute atomic E-state index is 0.281. The van der Waals surface area contributed by atoms with Gasteiger partial charge in [0.2, 0.25) is 0 Å². The van der Waals surface area contributed by atoms with E-state index in [1.54, 1.807) is 23.8 Å². The van der Waals surface area contributed by atoms with Crippen LogP contribution in [0, 0.1) is 0 Å². The number of esters is 2. The zero-order valence-corrected chi connectivity index (χ0v) is 14.5. The summed E-state index contributed by atoms with van der Waals surface area (Å²) in [6.07, 6.45) is 1.40. The van der Waals surface area contributed by atoms with Crippen LogP contribution in [0.25, 0.3) is 10.2 Å². The highest BCUT2D eigenvalue weighted by molar-refractivity contribution is 7.17. The quantitative estimate of drug-likeness (QED) is 0.694. The van der Waals surface area contributed by atoms with E-state index >= 15 is 0 Å². The van der Waals surface area contributed by atoms with Gasteiger partial charge in [0.05, 0.1) is 30.4 Å². The molecule has 9 heteroatoms. The van der Waals surface area contributed by atoms with Crippen molar-refractivity contribution in [3.63, 3.8) is 0 Å². The lowest BCUT2D eigenvalue weighted by molar-refractivity contribution is 0.0528. The van der Waals surface area contributed by atoms with Crippen molar-refractivity contribution in [1.82, 2.24) is 9.97 Å². The molecule has 0 aliphatic rings. The topological polar surface area (TPSA) is 90.4 Å². The maximum atomic E-state index is 12.1. The second-order valence-corrected chi connectivity index (χ2v) is 6.33. The summed E-state index contributed by atoms with van der Waals surface area (Å²) >= 11 is 2.59. The zero-order chi connectivity index (χ0) is 17.1. The molecule has 0 unspecified atom stereocenters. The number of rotatable bonds is 5. The van der Waals surface area contributed by atoms with Crippen LogP contribution < -0.4 is 5.32 Å². The largest absolute Gasteiger partial charge is 0.465 e. The zero-order valence-electron chi connectivity index (χ0n) is 12.9. The Morgan fingerprint density at radius 2 is 2.08 bits per heavy atom. The Labute approximate surface area is 145 Å². The average molecular weight is 363 g/mol. The van der Waals surface area contributed by atoms with Crippen LogP contribution in [-0.4, -0.2) is 35.6 Å². The fourth-order valence-corrected chi connectivity index (χ4v) is 3.76. The van der Waals surface area contributed by atoms with Crippen molar-refractivity contribution >= 4 is 56.3 Å². The third-order valence-corrected chi connectivity index (χ3v) is 4.94. The smallest absolute Gasteiger partial charge is 0.350 e. The highest BCUT2D eigenvalue weighted by Gasteiger charge is 2.20. The van der Waals surface area contributed by atoms with E-state index in [2.05, 4.69) is 15.3 Å². The molecule has 3 aromatic heterocycles. The number of hydrogen-bond acceptors (Lipinski definition) is 9. The number of hydrogen-bond donors (Lipinski definition) is 1. The molecule has 0 aromatic carbocycles. The molecule has 0 spiro atoms. The van der Waals surface area contributed by atoms with Crippen LogP contribution in [0.3, 0.4) is 0 Å². The maximum Gasteiger partial charge on any atom is 0.350 e. The molecule has 1 N–H and O–H groups in total. The second kappa shape index (κ2) is 6.93. The number of thiophene rings is 2. The van der Waals surface area contributed by atoms with Crippen LogP contribution in [-0.2, 0) is 9.47 Å². The number of nitrogens with zero attached hydrogens (tertiary/aromatic N) is 2. The van der Waals surface area contributed by atoms with Crippen molar-refractivity contribution in [2.45, 2.75) is 6.92 Å². The lowest BCUT2D eigenvalue weighted by Gasteiger charge is -2.08. The fourth-order valence-electron chi connectivity index (χ4n) is 2.12. The van der Waals surface area contributed by atoms with E-state index in [4.69, 9.17) is 9.47 Å². The van der Waals surface area contributed by atoms with E-state index in [0.717, 1.165) is 0 Å². The molecular formula is C15H13N3O4S2. The number of aromatic nitrogens is 2. The molecule has 0 saturated heterocycles. The Bertz CT molecular complexity index is 903. The van der Waals surface area contributed by atoms with Gasteiger partial charge in [0, 0.05) is 5.38 Å². The van der Waals surface area contributed by atoms with Gasteiger partial charge in [0.1, 0.15) is 21.9 Å². The molecule has 24 heavy (non-hydrogen) atoms. The summed E-state index contributed by atoms with van der Waals surface area (Å²) in [5.41, 5.74) is 0.961. The van der Waals surface area contributed by atoms with Crippen molar-refractivity contribution in [3.05, 3.63) is 33.6 Å². The Balaban J connectivity index is 2.04. The lowest BCUT2D eigenvalue weighted by atomic mass is 10.2. The van der Waals surface area contributed by atoms with Crippen molar-refractivity contribution in [1.29, 1.82) is 0 Å². The first-order valence-electron chi connectivity index (χ1n) is 6.97. The standard InChI is InChI=1S/C15H13N3O4S2/c1-3-22-14(19)8-6-24-13-10(8)12(16-7-17-13)18-9-4-5-23-11(9)15(20)21-2/h4-7H,3H2,1-2H3,(H,16,17,18). The Morgan fingerprint density at radius 1 is 1.25 bits per heavy atom. The molecule has 3 aromatic rings. The number of ether oxygens (including phenoxy) is 2. The third-order valence-electron chi connectivity index (χ3n) is 3.15. The Morgan fingerprint density at radius 3 is 2.83 bits per heavy atom. The number of carbonyl (C=O) groups is 2. The van der Waals surface area contributed by atoms with E-state index in [1.165, 1.54) is 36.1 Å². The number of methoxy groups -OCH3 is 1. The van der Waals surface area contributed by atoms with Gasteiger partial charge < -0.3 is 14.8 Å².